The SMILES string of the molecule is CCOc1nc(NN)nc(NCCC(=O)NC(C)CC)n1. The maximum Gasteiger partial charge on any atom is 0.323 e. The van der Waals surface area contributed by atoms with Crippen LogP contribution in [0, 0.1) is 0 Å². The fraction of sp³-hybridized carbons (Fsp3) is 0.667. The molecule has 0 saturated carbocycles. The number of carbonyl (C=O) groups excluding carboxylic acids is 1. The summed E-state index contributed by atoms with van der Waals surface area (Å²) in [6, 6.07) is 0.347. The second kappa shape index (κ2) is 8.90. The van der Waals surface area contributed by atoms with Crippen LogP contribution in [-0.2, 0) is 4.79 Å². The minimum Gasteiger partial charge on any atom is -0.464 e. The van der Waals surface area contributed by atoms with Gasteiger partial charge in [-0.05, 0) is 20.3 Å². The zero-order valence-corrected chi connectivity index (χ0v) is 12.6. The van der Waals surface area contributed by atoms with Crippen LogP contribution in [0.2, 0.25) is 0 Å². The third-order valence-electron chi connectivity index (χ3n) is 2.67. The molecule has 1 amide bonds. The van der Waals surface area contributed by atoms with Crippen molar-refractivity contribution in [2.45, 2.75) is 39.7 Å². The predicted octanol–water partition coefficient (Wildman–Crippen LogP) is 0.273. The van der Waals surface area contributed by atoms with E-state index in [0.29, 0.717) is 25.5 Å². The van der Waals surface area contributed by atoms with Crippen molar-refractivity contribution in [2.24, 2.45) is 5.84 Å². The number of hydrogen-bond acceptors (Lipinski definition) is 8. The van der Waals surface area contributed by atoms with Gasteiger partial charge in [-0.25, -0.2) is 5.84 Å². The molecule has 5 N–H and O–H groups in total. The van der Waals surface area contributed by atoms with Gasteiger partial charge >= 0.3 is 6.01 Å². The van der Waals surface area contributed by atoms with E-state index in [0.717, 1.165) is 6.42 Å². The average molecular weight is 297 g/mol. The summed E-state index contributed by atoms with van der Waals surface area (Å²) in [5.41, 5.74) is 2.34. The number of nitrogens with zero attached hydrogens (tertiary/aromatic N) is 3. The third-order valence-corrected chi connectivity index (χ3v) is 2.67. The van der Waals surface area contributed by atoms with Gasteiger partial charge in [0.05, 0.1) is 6.61 Å². The van der Waals surface area contributed by atoms with Crippen molar-refractivity contribution in [3.63, 3.8) is 0 Å². The van der Waals surface area contributed by atoms with Gasteiger partial charge in [-0.2, -0.15) is 15.0 Å². The van der Waals surface area contributed by atoms with Gasteiger partial charge in [0, 0.05) is 19.0 Å². The van der Waals surface area contributed by atoms with Gasteiger partial charge in [-0.15, -0.1) is 0 Å². The van der Waals surface area contributed by atoms with Crippen LogP contribution in [0.25, 0.3) is 0 Å². The molecule has 21 heavy (non-hydrogen) atoms. The van der Waals surface area contributed by atoms with E-state index in [2.05, 4.69) is 31.0 Å². The molecule has 0 aliphatic rings. The van der Waals surface area contributed by atoms with E-state index in [1.54, 1.807) is 0 Å². The molecule has 1 heterocycles. The Morgan fingerprint density at radius 1 is 1.29 bits per heavy atom. The van der Waals surface area contributed by atoms with Gasteiger partial charge in [0.15, 0.2) is 0 Å². The maximum atomic E-state index is 11.6. The number of hydrogen-bond donors (Lipinski definition) is 4. The summed E-state index contributed by atoms with van der Waals surface area (Å²) < 4.78 is 5.21. The molecule has 118 valence electrons. The Kier molecular flexibility index (Phi) is 7.16. The molecule has 1 aromatic rings. The summed E-state index contributed by atoms with van der Waals surface area (Å²) in [7, 11) is 0. The van der Waals surface area contributed by atoms with Crippen molar-refractivity contribution >= 4 is 17.8 Å². The maximum absolute atomic E-state index is 11.6. The van der Waals surface area contributed by atoms with Crippen molar-refractivity contribution in [3.8, 4) is 6.01 Å². The Morgan fingerprint density at radius 3 is 2.62 bits per heavy atom. The topological polar surface area (TPSA) is 127 Å². The molecule has 0 spiro atoms. The number of amides is 1. The lowest BCUT2D eigenvalue weighted by Gasteiger charge is -2.12. The van der Waals surface area contributed by atoms with Gasteiger partial charge in [-0.1, -0.05) is 6.92 Å². The zero-order valence-electron chi connectivity index (χ0n) is 12.6. The van der Waals surface area contributed by atoms with E-state index in [1.165, 1.54) is 0 Å². The van der Waals surface area contributed by atoms with Crippen LogP contribution >= 0.6 is 0 Å². The molecule has 9 heteroatoms. The van der Waals surface area contributed by atoms with Crippen LogP contribution in [0.4, 0.5) is 11.9 Å². The Labute approximate surface area is 124 Å². The summed E-state index contributed by atoms with van der Waals surface area (Å²) in [6.07, 6.45) is 1.22. The van der Waals surface area contributed by atoms with E-state index in [9.17, 15) is 4.79 Å². The smallest absolute Gasteiger partial charge is 0.323 e. The average Bonchev–Trinajstić information content (AvgIpc) is 2.47. The third kappa shape index (κ3) is 6.21. The molecule has 0 aromatic carbocycles. The Hall–Kier alpha value is -2.16. The van der Waals surface area contributed by atoms with Crippen molar-refractivity contribution in [1.82, 2.24) is 20.3 Å². The molecule has 1 unspecified atom stereocenters. The van der Waals surface area contributed by atoms with Crippen molar-refractivity contribution in [1.29, 1.82) is 0 Å². The van der Waals surface area contributed by atoms with Gasteiger partial charge < -0.3 is 15.4 Å². The molecule has 1 atom stereocenters. The summed E-state index contributed by atoms with van der Waals surface area (Å²) in [6.45, 7) is 6.65. The highest BCUT2D eigenvalue weighted by atomic mass is 16.5. The molecule has 0 aliphatic heterocycles. The fourth-order valence-electron chi connectivity index (χ4n) is 1.43. The first-order chi connectivity index (χ1) is 10.1. The number of anilines is 2. The molecule has 0 fully saturated rings. The monoisotopic (exact) mass is 297 g/mol. The van der Waals surface area contributed by atoms with Crippen molar-refractivity contribution in [2.75, 3.05) is 23.9 Å². The molecule has 0 aliphatic carbocycles. The summed E-state index contributed by atoms with van der Waals surface area (Å²) in [4.78, 5) is 23.7. The Morgan fingerprint density at radius 2 is 2.00 bits per heavy atom. The van der Waals surface area contributed by atoms with E-state index in [-0.39, 0.29) is 23.9 Å². The number of nitrogens with one attached hydrogen (secondary N) is 3. The van der Waals surface area contributed by atoms with Gasteiger partial charge in [-0.3, -0.25) is 10.2 Å². The van der Waals surface area contributed by atoms with E-state index < -0.39 is 0 Å². The Bertz CT molecular complexity index is 455. The van der Waals surface area contributed by atoms with Crippen LogP contribution in [0.15, 0.2) is 0 Å². The number of ether oxygens (including phenoxy) is 1. The van der Waals surface area contributed by atoms with E-state index in [4.69, 9.17) is 10.6 Å². The minimum atomic E-state index is -0.0203. The van der Waals surface area contributed by atoms with E-state index >= 15 is 0 Å². The standard InChI is InChI=1S/C12H23N7O2/c1-4-8(3)15-9(20)6-7-14-10-16-11(19-13)18-12(17-10)21-5-2/h8H,4-7,13H2,1-3H3,(H,15,20)(H2,14,16,17,18,19). The number of nitrogens with two attached hydrogens (primary N) is 1. The number of hydrazine groups is 1. The molecule has 9 nitrogen and oxygen atoms in total. The fourth-order valence-corrected chi connectivity index (χ4v) is 1.43. The highest BCUT2D eigenvalue weighted by Crippen LogP contribution is 2.10. The highest BCUT2D eigenvalue weighted by Gasteiger charge is 2.08. The zero-order chi connectivity index (χ0) is 15.7. The summed E-state index contributed by atoms with van der Waals surface area (Å²) in [5, 5.41) is 5.82. The van der Waals surface area contributed by atoms with Crippen LogP contribution in [0.1, 0.15) is 33.6 Å². The minimum absolute atomic E-state index is 0.0203. The number of nitrogen functional groups attached to an aromatic ring is 1. The second-order valence-corrected chi connectivity index (χ2v) is 4.40. The summed E-state index contributed by atoms with van der Waals surface area (Å²) in [5.74, 6) is 5.76. The normalized spacial score (nSPS) is 11.6. The molecule has 0 bridgehead atoms. The first kappa shape index (κ1) is 16.9. The number of rotatable bonds is 9. The van der Waals surface area contributed by atoms with Gasteiger partial charge in [0.2, 0.25) is 17.8 Å². The van der Waals surface area contributed by atoms with Crippen LogP contribution < -0.4 is 26.6 Å². The molecular weight excluding hydrogens is 274 g/mol. The van der Waals surface area contributed by atoms with Gasteiger partial charge in [0.25, 0.3) is 0 Å². The first-order valence-electron chi connectivity index (χ1n) is 6.97. The highest BCUT2D eigenvalue weighted by molar-refractivity contribution is 5.76. The number of aromatic nitrogens is 3. The largest absolute Gasteiger partial charge is 0.464 e. The van der Waals surface area contributed by atoms with Crippen LogP contribution in [0.3, 0.4) is 0 Å². The van der Waals surface area contributed by atoms with Crippen LogP contribution in [0.5, 0.6) is 6.01 Å². The lowest BCUT2D eigenvalue weighted by atomic mass is 10.2. The predicted molar refractivity (Wildman–Crippen MR) is 79.8 cm³/mol. The second-order valence-electron chi connectivity index (χ2n) is 4.40. The Balaban J connectivity index is 2.50. The molecule has 1 rings (SSSR count). The first-order valence-corrected chi connectivity index (χ1v) is 6.97. The number of carbonyl (C=O) groups is 1. The quantitative estimate of drug-likeness (QED) is 0.378. The molecule has 1 aromatic heterocycles. The lowest BCUT2D eigenvalue weighted by molar-refractivity contribution is -0.121. The lowest BCUT2D eigenvalue weighted by Crippen LogP contribution is -2.33. The van der Waals surface area contributed by atoms with Crippen LogP contribution in [-0.4, -0.2) is 40.1 Å². The van der Waals surface area contributed by atoms with E-state index in [1.807, 2.05) is 20.8 Å². The van der Waals surface area contributed by atoms with Crippen molar-refractivity contribution in [3.05, 3.63) is 0 Å². The molecule has 0 saturated heterocycles. The molecular formula is C12H23N7O2. The van der Waals surface area contributed by atoms with Gasteiger partial charge in [0.1, 0.15) is 0 Å². The molecule has 0 radical (unpaired) electrons. The summed E-state index contributed by atoms with van der Waals surface area (Å²) >= 11 is 0. The van der Waals surface area contributed by atoms with Crippen molar-refractivity contribution < 1.29 is 9.53 Å².